The molecule has 70 valence electrons. The van der Waals surface area contributed by atoms with Crippen molar-refractivity contribution >= 4 is 0 Å². The van der Waals surface area contributed by atoms with Crippen LogP contribution in [0, 0.1) is 6.92 Å². The predicted molar refractivity (Wildman–Crippen MR) is 55.8 cm³/mol. The minimum absolute atomic E-state index is 1.05. The lowest BCUT2D eigenvalue weighted by atomic mass is 9.98. The van der Waals surface area contributed by atoms with Crippen LogP contribution >= 0.6 is 0 Å². The van der Waals surface area contributed by atoms with Gasteiger partial charge in [-0.2, -0.15) is 0 Å². The fourth-order valence-electron chi connectivity index (χ4n) is 1.95. The van der Waals surface area contributed by atoms with E-state index in [-0.39, 0.29) is 0 Å². The summed E-state index contributed by atoms with van der Waals surface area (Å²) in [4.78, 5) is 0. The van der Waals surface area contributed by atoms with Crippen LogP contribution in [0.25, 0.3) is 0 Å². The Balaban J connectivity index is 2.28. The minimum Gasteiger partial charge on any atom is -0.313 e. The average molecular weight is 175 g/mol. The predicted octanol–water partition coefficient (Wildman–Crippen LogP) is 2.42. The first kappa shape index (κ1) is 8.76. The molecule has 0 aromatic heterocycles. The second-order valence-electron chi connectivity index (χ2n) is 3.91. The van der Waals surface area contributed by atoms with Crippen LogP contribution in [0.3, 0.4) is 0 Å². The van der Waals surface area contributed by atoms with E-state index in [1.165, 1.54) is 42.5 Å². The highest BCUT2D eigenvalue weighted by Gasteiger charge is 2.05. The summed E-state index contributed by atoms with van der Waals surface area (Å²) in [7, 11) is 0. The van der Waals surface area contributed by atoms with Gasteiger partial charge in [-0.3, -0.25) is 0 Å². The molecular formula is C12H17N. The largest absolute Gasteiger partial charge is 0.313 e. The summed E-state index contributed by atoms with van der Waals surface area (Å²) in [5.41, 5.74) is 4.42. The highest BCUT2D eigenvalue weighted by Crippen LogP contribution is 2.16. The van der Waals surface area contributed by atoms with E-state index in [4.69, 9.17) is 0 Å². The lowest BCUT2D eigenvalue weighted by Crippen LogP contribution is -2.18. The third kappa shape index (κ3) is 2.10. The van der Waals surface area contributed by atoms with Crippen molar-refractivity contribution in [3.63, 3.8) is 0 Å². The highest BCUT2D eigenvalue weighted by molar-refractivity contribution is 5.31. The third-order valence-electron chi connectivity index (χ3n) is 2.73. The molecule has 0 spiro atoms. The normalized spacial score (nSPS) is 17.3. The number of hydrogen-bond donors (Lipinski definition) is 1. The van der Waals surface area contributed by atoms with Crippen molar-refractivity contribution in [3.8, 4) is 0 Å². The van der Waals surface area contributed by atoms with Crippen molar-refractivity contribution in [2.45, 2.75) is 32.7 Å². The van der Waals surface area contributed by atoms with E-state index >= 15 is 0 Å². The Labute approximate surface area is 80.2 Å². The van der Waals surface area contributed by atoms with Crippen LogP contribution < -0.4 is 5.32 Å². The summed E-state index contributed by atoms with van der Waals surface area (Å²) >= 11 is 0. The molecular weight excluding hydrogens is 158 g/mol. The zero-order chi connectivity index (χ0) is 9.10. The van der Waals surface area contributed by atoms with Crippen molar-refractivity contribution in [2.75, 3.05) is 6.54 Å². The highest BCUT2D eigenvalue weighted by atomic mass is 14.8. The molecule has 0 bridgehead atoms. The number of benzene rings is 1. The Kier molecular flexibility index (Phi) is 2.65. The van der Waals surface area contributed by atoms with E-state index in [2.05, 4.69) is 30.4 Å². The Morgan fingerprint density at radius 3 is 3.00 bits per heavy atom. The first-order chi connectivity index (χ1) is 6.36. The minimum atomic E-state index is 1.05. The molecule has 1 aromatic carbocycles. The van der Waals surface area contributed by atoms with Crippen LogP contribution in [0.4, 0.5) is 0 Å². The zero-order valence-electron chi connectivity index (χ0n) is 8.27. The zero-order valence-corrected chi connectivity index (χ0v) is 8.27. The molecule has 0 fully saturated rings. The van der Waals surface area contributed by atoms with Gasteiger partial charge in [-0.05, 0) is 43.9 Å². The van der Waals surface area contributed by atoms with Gasteiger partial charge in [-0.15, -0.1) is 0 Å². The monoisotopic (exact) mass is 175 g/mol. The second kappa shape index (κ2) is 3.93. The summed E-state index contributed by atoms with van der Waals surface area (Å²) in [6, 6.07) is 6.83. The first-order valence-electron chi connectivity index (χ1n) is 5.15. The van der Waals surface area contributed by atoms with Gasteiger partial charge >= 0.3 is 0 Å². The summed E-state index contributed by atoms with van der Waals surface area (Å²) in [5.74, 6) is 0. The second-order valence-corrected chi connectivity index (χ2v) is 3.91. The van der Waals surface area contributed by atoms with Gasteiger partial charge in [0.05, 0.1) is 0 Å². The molecule has 0 unspecified atom stereocenters. The molecule has 1 heteroatoms. The van der Waals surface area contributed by atoms with E-state index < -0.39 is 0 Å². The Hall–Kier alpha value is -0.820. The maximum atomic E-state index is 3.47. The molecule has 0 saturated carbocycles. The van der Waals surface area contributed by atoms with Crippen LogP contribution in [-0.2, 0) is 13.0 Å². The van der Waals surface area contributed by atoms with Gasteiger partial charge in [0.15, 0.2) is 0 Å². The van der Waals surface area contributed by atoms with E-state index in [0.29, 0.717) is 0 Å². The van der Waals surface area contributed by atoms with Crippen LogP contribution in [0.1, 0.15) is 29.5 Å². The lowest BCUT2D eigenvalue weighted by molar-refractivity contribution is 0.598. The fourth-order valence-corrected chi connectivity index (χ4v) is 1.95. The van der Waals surface area contributed by atoms with Gasteiger partial charge in [0, 0.05) is 6.54 Å². The average Bonchev–Trinajstić information content (AvgIpc) is 2.08. The van der Waals surface area contributed by atoms with Crippen LogP contribution in [0.5, 0.6) is 0 Å². The Morgan fingerprint density at radius 2 is 2.08 bits per heavy atom. The van der Waals surface area contributed by atoms with Crippen molar-refractivity contribution in [3.05, 3.63) is 34.9 Å². The fraction of sp³-hybridized carbons (Fsp3) is 0.500. The van der Waals surface area contributed by atoms with Gasteiger partial charge < -0.3 is 5.32 Å². The molecule has 1 aliphatic rings. The van der Waals surface area contributed by atoms with Crippen LogP contribution in [0.15, 0.2) is 18.2 Å². The van der Waals surface area contributed by atoms with Gasteiger partial charge in [0.1, 0.15) is 0 Å². The molecule has 13 heavy (non-hydrogen) atoms. The molecule has 2 rings (SSSR count). The topological polar surface area (TPSA) is 12.0 Å². The maximum absolute atomic E-state index is 3.47. The van der Waals surface area contributed by atoms with Crippen molar-refractivity contribution in [1.29, 1.82) is 0 Å². The molecule has 1 aliphatic heterocycles. The third-order valence-corrected chi connectivity index (χ3v) is 2.73. The van der Waals surface area contributed by atoms with Gasteiger partial charge in [-0.25, -0.2) is 0 Å². The molecule has 0 amide bonds. The molecule has 1 aromatic rings. The van der Waals surface area contributed by atoms with E-state index in [0.717, 1.165) is 6.54 Å². The maximum Gasteiger partial charge on any atom is 0.0208 e. The van der Waals surface area contributed by atoms with E-state index in [1.807, 2.05) is 0 Å². The number of hydrogen-bond acceptors (Lipinski definition) is 1. The van der Waals surface area contributed by atoms with Crippen molar-refractivity contribution in [1.82, 2.24) is 5.32 Å². The summed E-state index contributed by atoms with van der Waals surface area (Å²) in [6.45, 7) is 4.39. The molecule has 0 saturated heterocycles. The van der Waals surface area contributed by atoms with Gasteiger partial charge in [-0.1, -0.05) is 23.8 Å². The summed E-state index contributed by atoms with van der Waals surface area (Å²) in [6.07, 6.45) is 3.90. The molecule has 1 heterocycles. The van der Waals surface area contributed by atoms with E-state index in [9.17, 15) is 0 Å². The Bertz CT molecular complexity index is 291. The SMILES string of the molecule is Cc1ccc2c(c1)CNCCCC2. The summed E-state index contributed by atoms with van der Waals surface area (Å²) in [5, 5.41) is 3.47. The first-order valence-corrected chi connectivity index (χ1v) is 5.15. The quantitative estimate of drug-likeness (QED) is 0.638. The van der Waals surface area contributed by atoms with Gasteiger partial charge in [0.2, 0.25) is 0 Å². The van der Waals surface area contributed by atoms with Crippen LogP contribution in [-0.4, -0.2) is 6.54 Å². The Morgan fingerprint density at radius 1 is 1.15 bits per heavy atom. The molecule has 0 radical (unpaired) electrons. The van der Waals surface area contributed by atoms with Crippen molar-refractivity contribution < 1.29 is 0 Å². The standard InChI is InChI=1S/C12H17N/c1-10-5-6-11-4-2-3-7-13-9-12(11)8-10/h5-6,8,13H,2-4,7,9H2,1H3. The number of aryl methyl sites for hydroxylation is 2. The van der Waals surface area contributed by atoms with Crippen LogP contribution in [0.2, 0.25) is 0 Å². The smallest absolute Gasteiger partial charge is 0.0208 e. The number of nitrogens with one attached hydrogen (secondary N) is 1. The molecule has 0 aliphatic carbocycles. The van der Waals surface area contributed by atoms with Gasteiger partial charge in [0.25, 0.3) is 0 Å². The molecule has 1 nitrogen and oxygen atoms in total. The summed E-state index contributed by atoms with van der Waals surface area (Å²) < 4.78 is 0. The van der Waals surface area contributed by atoms with Crippen molar-refractivity contribution in [2.24, 2.45) is 0 Å². The van der Waals surface area contributed by atoms with E-state index in [1.54, 1.807) is 0 Å². The number of fused-ring (bicyclic) bond motifs is 1. The molecule has 1 N–H and O–H groups in total. The molecule has 0 atom stereocenters. The lowest BCUT2D eigenvalue weighted by Gasteiger charge is -2.15. The number of rotatable bonds is 0.